The lowest BCUT2D eigenvalue weighted by atomic mass is 10.4. The molecule has 0 spiro atoms. The van der Waals surface area contributed by atoms with Gasteiger partial charge in [0.05, 0.1) is 16.4 Å². The van der Waals surface area contributed by atoms with Crippen LogP contribution in [0.4, 0.5) is 5.82 Å². The lowest BCUT2D eigenvalue weighted by Gasteiger charge is -2.04. The molecule has 2 heterocycles. The van der Waals surface area contributed by atoms with Gasteiger partial charge < -0.3 is 5.32 Å². The summed E-state index contributed by atoms with van der Waals surface area (Å²) in [5, 5.41) is 7.36. The molecular weight excluding hydrogens is 256 g/mol. The molecule has 0 aliphatic rings. The maximum atomic E-state index is 4.20. The number of pyridine rings is 1. The van der Waals surface area contributed by atoms with E-state index in [9.17, 15) is 0 Å². The Balaban J connectivity index is 2.32. The maximum absolute atomic E-state index is 4.20. The zero-order valence-electron chi connectivity index (χ0n) is 8.31. The van der Waals surface area contributed by atoms with Crippen molar-refractivity contribution in [2.45, 2.75) is 6.92 Å². The largest absolute Gasteiger partial charge is 0.370 e. The van der Waals surface area contributed by atoms with E-state index in [-0.39, 0.29) is 0 Å². The fourth-order valence-corrected chi connectivity index (χ4v) is 1.57. The molecule has 0 saturated heterocycles. The molecule has 0 atom stereocenters. The molecule has 0 aromatic carbocycles. The van der Waals surface area contributed by atoms with Gasteiger partial charge in [-0.2, -0.15) is 5.10 Å². The third kappa shape index (κ3) is 2.36. The molecule has 0 aliphatic carbocycles. The predicted octanol–water partition coefficient (Wildman–Crippen LogP) is 2.46. The average Bonchev–Trinajstić information content (AvgIpc) is 2.66. The second kappa shape index (κ2) is 4.44. The van der Waals surface area contributed by atoms with Crippen LogP contribution in [0.5, 0.6) is 0 Å². The quantitative estimate of drug-likeness (QED) is 0.928. The summed E-state index contributed by atoms with van der Waals surface area (Å²) in [5.74, 6) is 0.863. The summed E-state index contributed by atoms with van der Waals surface area (Å²) in [7, 11) is 0. The van der Waals surface area contributed by atoms with Crippen LogP contribution < -0.4 is 5.32 Å². The minimum absolute atomic E-state index is 0.860. The Labute approximate surface area is 96.5 Å². The van der Waals surface area contributed by atoms with Gasteiger partial charge in [-0.3, -0.25) is 0 Å². The van der Waals surface area contributed by atoms with Crippen molar-refractivity contribution in [1.29, 1.82) is 0 Å². The number of hydrogen-bond donors (Lipinski definition) is 1. The van der Waals surface area contributed by atoms with Crippen LogP contribution in [0, 0.1) is 0 Å². The van der Waals surface area contributed by atoms with Crippen molar-refractivity contribution < 1.29 is 0 Å². The molecule has 78 valence electrons. The van der Waals surface area contributed by atoms with Gasteiger partial charge in [-0.25, -0.2) is 9.67 Å². The minimum atomic E-state index is 0.860. The Bertz CT molecular complexity index is 452. The Kier molecular flexibility index (Phi) is 3.01. The Morgan fingerprint density at radius 2 is 2.40 bits per heavy atom. The van der Waals surface area contributed by atoms with E-state index >= 15 is 0 Å². The van der Waals surface area contributed by atoms with Gasteiger partial charge in [0.1, 0.15) is 5.82 Å². The molecule has 5 heteroatoms. The second-order valence-corrected chi connectivity index (χ2v) is 3.95. The van der Waals surface area contributed by atoms with Crippen molar-refractivity contribution in [3.63, 3.8) is 0 Å². The van der Waals surface area contributed by atoms with E-state index in [1.165, 1.54) is 0 Å². The van der Waals surface area contributed by atoms with Gasteiger partial charge in [-0.15, -0.1) is 0 Å². The maximum Gasteiger partial charge on any atom is 0.128 e. The van der Waals surface area contributed by atoms with Crippen LogP contribution >= 0.6 is 15.9 Å². The van der Waals surface area contributed by atoms with Crippen molar-refractivity contribution in [3.05, 3.63) is 35.2 Å². The van der Waals surface area contributed by atoms with Crippen LogP contribution in [-0.4, -0.2) is 21.3 Å². The van der Waals surface area contributed by atoms with E-state index in [0.717, 1.165) is 22.5 Å². The highest BCUT2D eigenvalue weighted by atomic mass is 79.9. The number of anilines is 1. The van der Waals surface area contributed by atoms with Crippen LogP contribution in [0.25, 0.3) is 5.69 Å². The van der Waals surface area contributed by atoms with Crippen LogP contribution in [-0.2, 0) is 0 Å². The zero-order chi connectivity index (χ0) is 10.7. The highest BCUT2D eigenvalue weighted by Crippen LogP contribution is 2.14. The molecule has 0 radical (unpaired) electrons. The van der Waals surface area contributed by atoms with Gasteiger partial charge in [0.25, 0.3) is 0 Å². The van der Waals surface area contributed by atoms with Gasteiger partial charge in [-0.1, -0.05) is 0 Å². The molecule has 4 nitrogen and oxygen atoms in total. The molecule has 0 saturated carbocycles. The molecule has 2 rings (SSSR count). The Morgan fingerprint density at radius 1 is 1.53 bits per heavy atom. The molecule has 0 bridgehead atoms. The molecule has 0 aliphatic heterocycles. The first-order valence-corrected chi connectivity index (χ1v) is 5.49. The predicted molar refractivity (Wildman–Crippen MR) is 63.2 cm³/mol. The standard InChI is InChI=1S/C10H11BrN4/c1-2-12-10-5-9(3-4-13-10)15-7-8(11)6-14-15/h3-7H,2H2,1H3,(H,12,13). The van der Waals surface area contributed by atoms with E-state index in [2.05, 4.69) is 31.3 Å². The molecule has 0 unspecified atom stereocenters. The number of halogens is 1. The van der Waals surface area contributed by atoms with Crippen LogP contribution in [0.15, 0.2) is 35.2 Å². The van der Waals surface area contributed by atoms with Crippen molar-refractivity contribution in [2.24, 2.45) is 0 Å². The van der Waals surface area contributed by atoms with Gasteiger partial charge in [0.15, 0.2) is 0 Å². The summed E-state index contributed by atoms with van der Waals surface area (Å²) in [6.07, 6.45) is 5.43. The highest BCUT2D eigenvalue weighted by Gasteiger charge is 2.00. The molecular formula is C10H11BrN4. The summed E-state index contributed by atoms with van der Waals surface area (Å²) in [4.78, 5) is 4.20. The molecule has 1 N–H and O–H groups in total. The second-order valence-electron chi connectivity index (χ2n) is 3.03. The molecule has 2 aromatic rings. The molecule has 0 amide bonds. The van der Waals surface area contributed by atoms with Crippen molar-refractivity contribution in [1.82, 2.24) is 14.8 Å². The summed E-state index contributed by atoms with van der Waals surface area (Å²) in [5.41, 5.74) is 0.992. The summed E-state index contributed by atoms with van der Waals surface area (Å²) in [6, 6.07) is 3.88. The average molecular weight is 267 g/mol. The van der Waals surface area contributed by atoms with E-state index in [1.54, 1.807) is 17.1 Å². The zero-order valence-corrected chi connectivity index (χ0v) is 9.90. The fraction of sp³-hybridized carbons (Fsp3) is 0.200. The molecule has 0 fully saturated rings. The van der Waals surface area contributed by atoms with Gasteiger partial charge in [-0.05, 0) is 28.9 Å². The van der Waals surface area contributed by atoms with Gasteiger partial charge in [0.2, 0.25) is 0 Å². The topological polar surface area (TPSA) is 42.7 Å². The third-order valence-corrected chi connectivity index (χ3v) is 2.33. The van der Waals surface area contributed by atoms with Gasteiger partial charge in [0, 0.05) is 25.0 Å². The number of rotatable bonds is 3. The van der Waals surface area contributed by atoms with Crippen molar-refractivity contribution >= 4 is 21.7 Å². The first kappa shape index (κ1) is 10.2. The van der Waals surface area contributed by atoms with E-state index < -0.39 is 0 Å². The minimum Gasteiger partial charge on any atom is -0.370 e. The van der Waals surface area contributed by atoms with Crippen LogP contribution in [0.1, 0.15) is 6.92 Å². The lowest BCUT2D eigenvalue weighted by molar-refractivity contribution is 0.877. The van der Waals surface area contributed by atoms with Crippen molar-refractivity contribution in [2.75, 3.05) is 11.9 Å². The Morgan fingerprint density at radius 3 is 3.07 bits per heavy atom. The van der Waals surface area contributed by atoms with Crippen LogP contribution in [0.3, 0.4) is 0 Å². The lowest BCUT2D eigenvalue weighted by Crippen LogP contribution is -2.01. The number of aromatic nitrogens is 3. The third-order valence-electron chi connectivity index (χ3n) is 1.92. The Hall–Kier alpha value is -1.36. The van der Waals surface area contributed by atoms with Crippen molar-refractivity contribution in [3.8, 4) is 5.69 Å². The molecule has 15 heavy (non-hydrogen) atoms. The smallest absolute Gasteiger partial charge is 0.128 e. The van der Waals surface area contributed by atoms with E-state index in [0.29, 0.717) is 0 Å². The molecule has 2 aromatic heterocycles. The number of hydrogen-bond acceptors (Lipinski definition) is 3. The fourth-order valence-electron chi connectivity index (χ4n) is 1.28. The van der Waals surface area contributed by atoms with Gasteiger partial charge >= 0.3 is 0 Å². The number of nitrogens with zero attached hydrogens (tertiary/aromatic N) is 3. The SMILES string of the molecule is CCNc1cc(-n2cc(Br)cn2)ccn1. The number of nitrogens with one attached hydrogen (secondary N) is 1. The van der Waals surface area contributed by atoms with Crippen LogP contribution in [0.2, 0.25) is 0 Å². The summed E-state index contributed by atoms with van der Waals surface area (Å²) in [6.45, 7) is 2.90. The van der Waals surface area contributed by atoms with E-state index in [4.69, 9.17) is 0 Å². The summed E-state index contributed by atoms with van der Waals surface area (Å²) >= 11 is 3.36. The first-order valence-electron chi connectivity index (χ1n) is 4.70. The van der Waals surface area contributed by atoms with E-state index in [1.807, 2.05) is 25.3 Å². The summed E-state index contributed by atoms with van der Waals surface area (Å²) < 4.78 is 2.76. The first-order chi connectivity index (χ1) is 7.29. The highest BCUT2D eigenvalue weighted by molar-refractivity contribution is 9.10. The monoisotopic (exact) mass is 266 g/mol. The normalized spacial score (nSPS) is 10.3.